The highest BCUT2D eigenvalue weighted by molar-refractivity contribution is 5.11. The van der Waals surface area contributed by atoms with E-state index in [-0.39, 0.29) is 0 Å². The molecule has 0 spiro atoms. The summed E-state index contributed by atoms with van der Waals surface area (Å²) in [5.74, 6) is 4.22. The number of pyridine rings is 1. The van der Waals surface area contributed by atoms with E-state index < -0.39 is 0 Å². The fourth-order valence-corrected chi connectivity index (χ4v) is 5.05. The van der Waals surface area contributed by atoms with E-state index in [1.165, 1.54) is 37.7 Å². The third-order valence-corrected chi connectivity index (χ3v) is 5.75. The van der Waals surface area contributed by atoms with Gasteiger partial charge in [-0.3, -0.25) is 4.98 Å². The van der Waals surface area contributed by atoms with Crippen molar-refractivity contribution in [2.45, 2.75) is 44.7 Å². The van der Waals surface area contributed by atoms with Crippen molar-refractivity contribution >= 4 is 0 Å². The summed E-state index contributed by atoms with van der Waals surface area (Å²) in [6.07, 6.45) is 11.3. The zero-order chi connectivity index (χ0) is 11.9. The third-order valence-electron chi connectivity index (χ3n) is 5.75. The summed E-state index contributed by atoms with van der Waals surface area (Å²) in [6, 6.07) is 5.04. The van der Waals surface area contributed by atoms with Gasteiger partial charge in [-0.05, 0) is 67.1 Å². The zero-order valence-corrected chi connectivity index (χ0v) is 10.9. The third kappa shape index (κ3) is 1.70. The van der Waals surface area contributed by atoms with Gasteiger partial charge in [-0.25, -0.2) is 0 Å². The molecular formula is C16H22N2. The second-order valence-electron chi connectivity index (χ2n) is 6.50. The summed E-state index contributed by atoms with van der Waals surface area (Å²) < 4.78 is 0. The highest BCUT2D eigenvalue weighted by atomic mass is 14.9. The topological polar surface area (TPSA) is 24.9 Å². The van der Waals surface area contributed by atoms with Gasteiger partial charge in [0.05, 0.1) is 0 Å². The quantitative estimate of drug-likeness (QED) is 0.881. The van der Waals surface area contributed by atoms with Crippen molar-refractivity contribution < 1.29 is 0 Å². The standard InChI is InChI=1S/C16H22N2/c1-2-13-12-8-15(14(13)3-1)16(9-12)18-10-11-4-6-17-7-5-11/h4-7,12-16,18H,1-3,8-10H2/t12-,13+,14+,15-,16+/m0/s1. The van der Waals surface area contributed by atoms with Gasteiger partial charge in [0.1, 0.15) is 0 Å². The first-order chi connectivity index (χ1) is 8.92. The first kappa shape index (κ1) is 11.0. The molecule has 2 bridgehead atoms. The monoisotopic (exact) mass is 242 g/mol. The van der Waals surface area contributed by atoms with Crippen LogP contribution in [-0.2, 0) is 6.54 Å². The first-order valence-electron chi connectivity index (χ1n) is 7.54. The van der Waals surface area contributed by atoms with Gasteiger partial charge >= 0.3 is 0 Å². The number of fused-ring (bicyclic) bond motifs is 5. The minimum absolute atomic E-state index is 0.794. The number of nitrogens with zero attached hydrogens (tertiary/aromatic N) is 1. The Morgan fingerprint density at radius 3 is 2.78 bits per heavy atom. The van der Waals surface area contributed by atoms with Gasteiger partial charge < -0.3 is 5.32 Å². The zero-order valence-electron chi connectivity index (χ0n) is 10.9. The second kappa shape index (κ2) is 4.34. The molecule has 3 aliphatic rings. The highest BCUT2D eigenvalue weighted by Gasteiger charge is 2.53. The van der Waals surface area contributed by atoms with Crippen molar-refractivity contribution in [2.24, 2.45) is 23.7 Å². The molecule has 0 amide bonds. The minimum atomic E-state index is 0.794. The van der Waals surface area contributed by atoms with Crippen LogP contribution in [0.1, 0.15) is 37.7 Å². The first-order valence-corrected chi connectivity index (χ1v) is 7.54. The lowest BCUT2D eigenvalue weighted by atomic mass is 9.79. The maximum absolute atomic E-state index is 4.08. The molecule has 5 atom stereocenters. The lowest BCUT2D eigenvalue weighted by molar-refractivity contribution is 0.208. The van der Waals surface area contributed by atoms with Gasteiger partial charge in [-0.1, -0.05) is 6.42 Å². The molecule has 1 heterocycles. The van der Waals surface area contributed by atoms with E-state index in [0.29, 0.717) is 0 Å². The van der Waals surface area contributed by atoms with Crippen molar-refractivity contribution in [1.82, 2.24) is 10.3 Å². The van der Waals surface area contributed by atoms with E-state index >= 15 is 0 Å². The Morgan fingerprint density at radius 1 is 1.06 bits per heavy atom. The Kier molecular flexibility index (Phi) is 2.65. The van der Waals surface area contributed by atoms with Gasteiger partial charge in [0, 0.05) is 25.0 Å². The smallest absolute Gasteiger partial charge is 0.0271 e. The van der Waals surface area contributed by atoms with Gasteiger partial charge in [0.2, 0.25) is 0 Å². The van der Waals surface area contributed by atoms with Crippen LogP contribution in [0.4, 0.5) is 0 Å². The predicted octanol–water partition coefficient (Wildman–Crippen LogP) is 3.00. The van der Waals surface area contributed by atoms with Crippen molar-refractivity contribution in [3.8, 4) is 0 Å². The average molecular weight is 242 g/mol. The van der Waals surface area contributed by atoms with Gasteiger partial charge in [0.25, 0.3) is 0 Å². The second-order valence-corrected chi connectivity index (χ2v) is 6.50. The van der Waals surface area contributed by atoms with Crippen molar-refractivity contribution in [1.29, 1.82) is 0 Å². The summed E-state index contributed by atoms with van der Waals surface area (Å²) in [4.78, 5) is 4.08. The van der Waals surface area contributed by atoms with E-state index in [4.69, 9.17) is 0 Å². The molecule has 0 aromatic carbocycles. The van der Waals surface area contributed by atoms with Crippen LogP contribution in [0.3, 0.4) is 0 Å². The molecule has 2 nitrogen and oxygen atoms in total. The van der Waals surface area contributed by atoms with Crippen LogP contribution in [-0.4, -0.2) is 11.0 Å². The molecule has 96 valence electrons. The van der Waals surface area contributed by atoms with E-state index in [0.717, 1.165) is 36.3 Å². The van der Waals surface area contributed by atoms with Gasteiger partial charge in [-0.15, -0.1) is 0 Å². The van der Waals surface area contributed by atoms with Crippen LogP contribution in [0.15, 0.2) is 24.5 Å². The molecule has 3 fully saturated rings. The molecule has 0 aliphatic heterocycles. The molecule has 18 heavy (non-hydrogen) atoms. The van der Waals surface area contributed by atoms with Gasteiger partial charge in [0.15, 0.2) is 0 Å². The van der Waals surface area contributed by atoms with E-state index in [9.17, 15) is 0 Å². The van der Waals surface area contributed by atoms with Crippen LogP contribution in [0.5, 0.6) is 0 Å². The molecular weight excluding hydrogens is 220 g/mol. The number of hydrogen-bond acceptors (Lipinski definition) is 2. The summed E-state index contributed by atoms with van der Waals surface area (Å²) in [6.45, 7) is 1.02. The molecule has 3 saturated carbocycles. The molecule has 4 rings (SSSR count). The van der Waals surface area contributed by atoms with E-state index in [2.05, 4.69) is 22.4 Å². The number of rotatable bonds is 3. The molecule has 1 aromatic heterocycles. The number of hydrogen-bond donors (Lipinski definition) is 1. The molecule has 0 saturated heterocycles. The Labute approximate surface area is 109 Å². The molecule has 0 unspecified atom stereocenters. The maximum Gasteiger partial charge on any atom is 0.0271 e. The lowest BCUT2D eigenvalue weighted by Gasteiger charge is -2.32. The average Bonchev–Trinajstić information content (AvgIpc) is 3.09. The fraction of sp³-hybridized carbons (Fsp3) is 0.688. The molecule has 2 heteroatoms. The lowest BCUT2D eigenvalue weighted by Crippen LogP contribution is -2.38. The van der Waals surface area contributed by atoms with Crippen molar-refractivity contribution in [3.63, 3.8) is 0 Å². The van der Waals surface area contributed by atoms with Crippen LogP contribution >= 0.6 is 0 Å². The Hall–Kier alpha value is -0.890. The largest absolute Gasteiger partial charge is 0.310 e. The Bertz CT molecular complexity index is 416. The SMILES string of the molecule is c1cc(CN[C@@H]2C[C@@H]3C[C@H]2[C@@H]2CCC[C@H]32)ccn1. The molecule has 1 N–H and O–H groups in total. The molecule has 3 aliphatic carbocycles. The summed E-state index contributed by atoms with van der Waals surface area (Å²) in [5, 5.41) is 3.81. The fourth-order valence-electron chi connectivity index (χ4n) is 5.05. The van der Waals surface area contributed by atoms with Crippen LogP contribution in [0.25, 0.3) is 0 Å². The maximum atomic E-state index is 4.08. The summed E-state index contributed by atoms with van der Waals surface area (Å²) in [5.41, 5.74) is 1.37. The minimum Gasteiger partial charge on any atom is -0.310 e. The van der Waals surface area contributed by atoms with E-state index in [1.807, 2.05) is 12.4 Å². The summed E-state index contributed by atoms with van der Waals surface area (Å²) >= 11 is 0. The number of nitrogens with one attached hydrogen (secondary N) is 1. The summed E-state index contributed by atoms with van der Waals surface area (Å²) in [7, 11) is 0. The van der Waals surface area contributed by atoms with Crippen molar-refractivity contribution in [3.05, 3.63) is 30.1 Å². The highest BCUT2D eigenvalue weighted by Crippen LogP contribution is 2.58. The molecule has 0 radical (unpaired) electrons. The van der Waals surface area contributed by atoms with E-state index in [1.54, 1.807) is 0 Å². The van der Waals surface area contributed by atoms with Gasteiger partial charge in [-0.2, -0.15) is 0 Å². The van der Waals surface area contributed by atoms with Crippen molar-refractivity contribution in [2.75, 3.05) is 0 Å². The van der Waals surface area contributed by atoms with Crippen LogP contribution < -0.4 is 5.32 Å². The Balaban J connectivity index is 1.40. The normalized spacial score (nSPS) is 41.2. The predicted molar refractivity (Wildman–Crippen MR) is 71.9 cm³/mol. The van der Waals surface area contributed by atoms with Crippen LogP contribution in [0, 0.1) is 23.7 Å². The molecule has 1 aromatic rings. The van der Waals surface area contributed by atoms with Crippen LogP contribution in [0.2, 0.25) is 0 Å². The Morgan fingerprint density at radius 2 is 1.89 bits per heavy atom. The number of aromatic nitrogens is 1.